The van der Waals surface area contributed by atoms with Crippen molar-refractivity contribution in [3.05, 3.63) is 35.4 Å². The molecule has 0 atom stereocenters. The van der Waals surface area contributed by atoms with E-state index in [1.165, 1.54) is 6.07 Å². The van der Waals surface area contributed by atoms with Crippen LogP contribution in [0.2, 0.25) is 5.02 Å². The molecule has 0 fully saturated rings. The Morgan fingerprint density at radius 1 is 1.53 bits per heavy atom. The number of nitrogens with two attached hydrogens (primary N) is 1. The molecule has 8 heteroatoms. The molecule has 0 aromatic heterocycles. The molecule has 0 bridgehead atoms. The van der Waals surface area contributed by atoms with Gasteiger partial charge in [0, 0.05) is 0 Å². The molecule has 0 amide bonds. The summed E-state index contributed by atoms with van der Waals surface area (Å²) in [5.41, 5.74) is 5.20. The van der Waals surface area contributed by atoms with Crippen LogP contribution in [-0.4, -0.2) is 15.6 Å². The predicted octanol–water partition coefficient (Wildman–Crippen LogP) is 1.76. The second-order valence-electron chi connectivity index (χ2n) is 2.98. The molecule has 0 unspecified atom stereocenters. The van der Waals surface area contributed by atoms with Crippen LogP contribution in [0, 0.1) is 0 Å². The summed E-state index contributed by atoms with van der Waals surface area (Å²) < 4.78 is 15.0. The molecule has 4 N–H and O–H groups in total. The molecular formula is C9H9ClNO5P. The number of benzene rings is 1. The van der Waals surface area contributed by atoms with Crippen LogP contribution in [0.1, 0.15) is 10.4 Å². The van der Waals surface area contributed by atoms with Crippen LogP contribution in [-0.2, 0) is 4.57 Å². The number of anilines is 1. The first-order valence-corrected chi connectivity index (χ1v) is 6.17. The van der Waals surface area contributed by atoms with E-state index in [4.69, 9.17) is 27.1 Å². The van der Waals surface area contributed by atoms with E-state index >= 15 is 0 Å². The van der Waals surface area contributed by atoms with Gasteiger partial charge in [-0.3, -0.25) is 14.6 Å². The second kappa shape index (κ2) is 4.89. The molecule has 0 aliphatic heterocycles. The van der Waals surface area contributed by atoms with Crippen molar-refractivity contribution in [3.63, 3.8) is 0 Å². The minimum atomic E-state index is -4.75. The number of allylic oxidation sites excluding steroid dienone is 1. The minimum absolute atomic E-state index is 0.0467. The number of phosphoric acid groups is 1. The van der Waals surface area contributed by atoms with Crippen molar-refractivity contribution >= 4 is 30.9 Å². The van der Waals surface area contributed by atoms with Gasteiger partial charge in [0.1, 0.15) is 0 Å². The van der Waals surface area contributed by atoms with Crippen LogP contribution in [0.25, 0.3) is 0 Å². The normalized spacial score (nSPS) is 11.0. The Bertz CT molecular complexity index is 524. The molecule has 92 valence electrons. The summed E-state index contributed by atoms with van der Waals surface area (Å²) in [5.74, 6) is -0.878. The van der Waals surface area contributed by atoms with Gasteiger partial charge in [0.25, 0.3) is 0 Å². The maximum atomic E-state index is 11.4. The summed E-state index contributed by atoms with van der Waals surface area (Å²) in [5, 5.41) is 0.0467. The third kappa shape index (κ3) is 3.31. The van der Waals surface area contributed by atoms with E-state index in [9.17, 15) is 9.36 Å². The van der Waals surface area contributed by atoms with Crippen molar-refractivity contribution < 1.29 is 23.7 Å². The zero-order valence-electron chi connectivity index (χ0n) is 8.46. The standard InChI is InChI=1S/C9H9ClNO5P/c1-2-6(12)8-5(10)3-4-7(9(8)11)16-17(13,14)15/h2-4H,1,11H2,(H2,13,14,15). The Balaban J connectivity index is 3.33. The number of nitrogen functional groups attached to an aromatic ring is 1. The molecule has 0 aliphatic rings. The fourth-order valence-corrected chi connectivity index (χ4v) is 1.81. The fourth-order valence-electron chi connectivity index (χ4n) is 1.13. The number of hydrogen-bond donors (Lipinski definition) is 3. The maximum absolute atomic E-state index is 11.4. The Labute approximate surface area is 102 Å². The summed E-state index contributed by atoms with van der Waals surface area (Å²) in [6, 6.07) is 2.41. The summed E-state index contributed by atoms with van der Waals surface area (Å²) in [6.45, 7) is 3.27. The molecule has 0 aliphatic carbocycles. The largest absolute Gasteiger partial charge is 0.524 e. The Hall–Kier alpha value is -1.33. The topological polar surface area (TPSA) is 110 Å². The number of hydrogen-bond acceptors (Lipinski definition) is 4. The predicted molar refractivity (Wildman–Crippen MR) is 63.1 cm³/mol. The highest BCUT2D eigenvalue weighted by Crippen LogP contribution is 2.42. The number of ketones is 1. The van der Waals surface area contributed by atoms with Gasteiger partial charge in [0.15, 0.2) is 11.5 Å². The van der Waals surface area contributed by atoms with E-state index in [0.717, 1.165) is 12.1 Å². The van der Waals surface area contributed by atoms with Gasteiger partial charge in [0.05, 0.1) is 16.3 Å². The molecule has 0 radical (unpaired) electrons. The average Bonchev–Trinajstić information content (AvgIpc) is 2.20. The van der Waals surface area contributed by atoms with Gasteiger partial charge in [-0.15, -0.1) is 0 Å². The van der Waals surface area contributed by atoms with Crippen LogP contribution in [0.15, 0.2) is 24.8 Å². The third-order valence-corrected chi connectivity index (χ3v) is 2.55. The van der Waals surface area contributed by atoms with E-state index in [1.807, 2.05) is 0 Å². The average molecular weight is 278 g/mol. The molecule has 0 saturated carbocycles. The van der Waals surface area contributed by atoms with Crippen molar-refractivity contribution in [1.82, 2.24) is 0 Å². The van der Waals surface area contributed by atoms with Gasteiger partial charge in [0.2, 0.25) is 0 Å². The van der Waals surface area contributed by atoms with Crippen LogP contribution in [0.4, 0.5) is 5.69 Å². The first kappa shape index (κ1) is 13.7. The van der Waals surface area contributed by atoms with Crippen LogP contribution < -0.4 is 10.3 Å². The number of rotatable bonds is 4. The summed E-state index contributed by atoms with van der Waals surface area (Å²) in [6.07, 6.45) is 0.985. The summed E-state index contributed by atoms with van der Waals surface area (Å²) in [4.78, 5) is 28.7. The van der Waals surface area contributed by atoms with Gasteiger partial charge in [-0.25, -0.2) is 4.57 Å². The molecule has 1 aromatic rings. The zero-order valence-corrected chi connectivity index (χ0v) is 10.1. The molecule has 17 heavy (non-hydrogen) atoms. The highest BCUT2D eigenvalue weighted by atomic mass is 35.5. The Kier molecular flexibility index (Phi) is 3.95. The number of phosphoric ester groups is 1. The molecular weight excluding hydrogens is 269 g/mol. The van der Waals surface area contributed by atoms with E-state index in [1.54, 1.807) is 0 Å². The number of carbonyl (C=O) groups excluding carboxylic acids is 1. The van der Waals surface area contributed by atoms with Gasteiger partial charge in [-0.2, -0.15) is 0 Å². The highest BCUT2D eigenvalue weighted by molar-refractivity contribution is 7.46. The molecule has 0 spiro atoms. The van der Waals surface area contributed by atoms with Crippen LogP contribution >= 0.6 is 19.4 Å². The van der Waals surface area contributed by atoms with Gasteiger partial charge < -0.3 is 10.3 Å². The lowest BCUT2D eigenvalue weighted by Crippen LogP contribution is -2.04. The molecule has 0 heterocycles. The van der Waals surface area contributed by atoms with Crippen molar-refractivity contribution in [3.8, 4) is 5.75 Å². The fraction of sp³-hybridized carbons (Fsp3) is 0. The van der Waals surface area contributed by atoms with Crippen molar-refractivity contribution in [2.75, 3.05) is 5.73 Å². The smallest absolute Gasteiger partial charge is 0.402 e. The van der Waals surface area contributed by atoms with Gasteiger partial charge in [-0.1, -0.05) is 18.2 Å². The quantitative estimate of drug-likeness (QED) is 0.335. The van der Waals surface area contributed by atoms with E-state index in [0.29, 0.717) is 0 Å². The van der Waals surface area contributed by atoms with Gasteiger partial charge in [-0.05, 0) is 18.2 Å². The lowest BCUT2D eigenvalue weighted by atomic mass is 10.1. The van der Waals surface area contributed by atoms with E-state index < -0.39 is 13.6 Å². The Morgan fingerprint density at radius 3 is 2.59 bits per heavy atom. The third-order valence-electron chi connectivity index (χ3n) is 1.80. The van der Waals surface area contributed by atoms with Crippen molar-refractivity contribution in [2.45, 2.75) is 0 Å². The lowest BCUT2D eigenvalue weighted by molar-refractivity contribution is 0.104. The minimum Gasteiger partial charge on any atom is -0.402 e. The first-order valence-electron chi connectivity index (χ1n) is 4.26. The summed E-state index contributed by atoms with van der Waals surface area (Å²) in [7, 11) is -4.75. The maximum Gasteiger partial charge on any atom is 0.524 e. The number of halogens is 1. The molecule has 1 rings (SSSR count). The highest BCUT2D eigenvalue weighted by Gasteiger charge is 2.21. The summed E-state index contributed by atoms with van der Waals surface area (Å²) >= 11 is 5.75. The Morgan fingerprint density at radius 2 is 2.12 bits per heavy atom. The van der Waals surface area contributed by atoms with Crippen LogP contribution in [0.3, 0.4) is 0 Å². The number of carbonyl (C=O) groups is 1. The second-order valence-corrected chi connectivity index (χ2v) is 4.56. The van der Waals surface area contributed by atoms with Crippen LogP contribution in [0.5, 0.6) is 5.75 Å². The van der Waals surface area contributed by atoms with E-state index in [-0.39, 0.29) is 22.0 Å². The lowest BCUT2D eigenvalue weighted by Gasteiger charge is -2.12. The first-order chi connectivity index (χ1) is 7.76. The van der Waals surface area contributed by atoms with Crippen molar-refractivity contribution in [2.24, 2.45) is 0 Å². The zero-order chi connectivity index (χ0) is 13.2. The molecule has 1 aromatic carbocycles. The van der Waals surface area contributed by atoms with Gasteiger partial charge >= 0.3 is 7.82 Å². The van der Waals surface area contributed by atoms with Crippen molar-refractivity contribution in [1.29, 1.82) is 0 Å². The van der Waals surface area contributed by atoms with E-state index in [2.05, 4.69) is 11.1 Å². The monoisotopic (exact) mass is 277 g/mol. The molecule has 0 saturated heterocycles. The SMILES string of the molecule is C=CC(=O)c1c(Cl)ccc(OP(=O)(O)O)c1N. The molecule has 6 nitrogen and oxygen atoms in total.